The lowest BCUT2D eigenvalue weighted by atomic mass is 9.72. The Morgan fingerprint density at radius 3 is 2.06 bits per heavy atom. The molecule has 2 fully saturated rings. The number of carbonyl (C=O) groups excluding carboxylic acids is 2. The van der Waals surface area contributed by atoms with Crippen molar-refractivity contribution in [1.82, 2.24) is 4.90 Å². The Morgan fingerprint density at radius 1 is 0.972 bits per heavy atom. The van der Waals surface area contributed by atoms with Gasteiger partial charge in [0.1, 0.15) is 17.2 Å². The molecule has 0 bridgehead atoms. The number of aliphatic hydroxyl groups is 1. The monoisotopic (exact) mass is 493 g/mol. The van der Waals surface area contributed by atoms with Gasteiger partial charge >= 0.3 is 5.97 Å². The second kappa shape index (κ2) is 8.80. The fourth-order valence-corrected chi connectivity index (χ4v) is 5.36. The maximum Gasteiger partial charge on any atom is 0.327 e. The Morgan fingerprint density at radius 2 is 1.53 bits per heavy atom. The summed E-state index contributed by atoms with van der Waals surface area (Å²) in [5.41, 5.74) is -2.00. The van der Waals surface area contributed by atoms with E-state index in [1.54, 1.807) is 6.92 Å². The van der Waals surface area contributed by atoms with Gasteiger partial charge in [-0.2, -0.15) is 0 Å². The van der Waals surface area contributed by atoms with Crippen LogP contribution in [0.2, 0.25) is 0 Å². The van der Waals surface area contributed by atoms with Crippen molar-refractivity contribution in [3.8, 4) is 0 Å². The van der Waals surface area contributed by atoms with Crippen molar-refractivity contribution in [2.24, 2.45) is 5.41 Å². The van der Waals surface area contributed by atoms with Crippen LogP contribution in [0.1, 0.15) is 30.0 Å². The van der Waals surface area contributed by atoms with Crippen LogP contribution in [0, 0.1) is 17.0 Å². The summed E-state index contributed by atoms with van der Waals surface area (Å²) < 4.78 is 39.3. The number of β-amino-alcohol motifs (C(OH)–C–C–N with tert-alkyl or cyclic N) is 1. The summed E-state index contributed by atoms with van der Waals surface area (Å²) >= 11 is 0. The molecule has 0 unspecified atom stereocenters. The first-order valence-electron chi connectivity index (χ1n) is 11.7. The zero-order valence-electron chi connectivity index (χ0n) is 19.6. The first-order chi connectivity index (χ1) is 17.2. The molecular weight excluding hydrogens is 468 g/mol. The molecule has 0 radical (unpaired) electrons. The van der Waals surface area contributed by atoms with Crippen LogP contribution in [0.15, 0.2) is 78.9 Å². The molecule has 2 aliphatic heterocycles. The Kier molecular flexibility index (Phi) is 5.89. The number of esters is 1. The lowest BCUT2D eigenvalue weighted by molar-refractivity contribution is -0.239. The molecule has 2 atom stereocenters. The van der Waals surface area contributed by atoms with Gasteiger partial charge in [0, 0.05) is 13.0 Å². The van der Waals surface area contributed by atoms with Crippen LogP contribution in [0.5, 0.6) is 0 Å². The predicted octanol–water partition coefficient (Wildman–Crippen LogP) is 3.91. The van der Waals surface area contributed by atoms with Crippen molar-refractivity contribution < 1.29 is 33.0 Å². The molecule has 1 amide bonds. The number of carbonyl (C=O) groups is 2. The van der Waals surface area contributed by atoms with Crippen molar-refractivity contribution in [3.05, 3.63) is 107 Å². The third-order valence-corrected chi connectivity index (χ3v) is 7.04. The highest BCUT2D eigenvalue weighted by atomic mass is 19.1. The molecule has 0 saturated carbocycles. The molecule has 5 rings (SSSR count). The van der Waals surface area contributed by atoms with Crippen molar-refractivity contribution in [3.63, 3.8) is 0 Å². The van der Waals surface area contributed by atoms with E-state index >= 15 is 0 Å². The van der Waals surface area contributed by atoms with Gasteiger partial charge in [-0.15, -0.1) is 0 Å². The summed E-state index contributed by atoms with van der Waals surface area (Å²) in [5, 5.41) is 11.9. The Labute approximate surface area is 207 Å². The summed E-state index contributed by atoms with van der Waals surface area (Å²) in [4.78, 5) is 28.8. The summed E-state index contributed by atoms with van der Waals surface area (Å²) in [7, 11) is 0. The van der Waals surface area contributed by atoms with Gasteiger partial charge in [-0.25, -0.2) is 8.78 Å². The van der Waals surface area contributed by atoms with E-state index in [1.165, 1.54) is 53.4 Å². The molecule has 3 aromatic carbocycles. The van der Waals surface area contributed by atoms with E-state index in [0.717, 1.165) is 5.56 Å². The van der Waals surface area contributed by atoms with Crippen LogP contribution < -0.4 is 0 Å². The van der Waals surface area contributed by atoms with Gasteiger partial charge in [-0.1, -0.05) is 54.6 Å². The summed E-state index contributed by atoms with van der Waals surface area (Å²) in [6.07, 6.45) is -0.309. The number of halogens is 2. The van der Waals surface area contributed by atoms with Crippen LogP contribution in [-0.4, -0.2) is 40.8 Å². The Bertz CT molecular complexity index is 1240. The number of amides is 1. The lowest BCUT2D eigenvalue weighted by Gasteiger charge is -2.33. The first kappa shape index (κ1) is 24.1. The molecule has 0 aliphatic carbocycles. The summed E-state index contributed by atoms with van der Waals surface area (Å²) in [6, 6.07) is 19.9. The van der Waals surface area contributed by atoms with Crippen LogP contribution >= 0.6 is 0 Å². The second-order valence-corrected chi connectivity index (χ2v) is 9.18. The largest absolute Gasteiger partial charge is 0.465 e. The van der Waals surface area contributed by atoms with Crippen LogP contribution in [-0.2, 0) is 31.2 Å². The number of rotatable bonds is 6. The van der Waals surface area contributed by atoms with E-state index in [4.69, 9.17) is 9.47 Å². The molecule has 2 heterocycles. The first-order valence-corrected chi connectivity index (χ1v) is 11.7. The van der Waals surface area contributed by atoms with E-state index in [9.17, 15) is 23.5 Å². The highest BCUT2D eigenvalue weighted by molar-refractivity contribution is 6.06. The molecule has 3 aromatic rings. The molecule has 1 N–H and O–H groups in total. The molecule has 2 aliphatic rings. The zero-order chi connectivity index (χ0) is 25.6. The van der Waals surface area contributed by atoms with Gasteiger partial charge in [0.15, 0.2) is 0 Å². The van der Waals surface area contributed by atoms with Gasteiger partial charge in [0.05, 0.1) is 13.2 Å². The van der Waals surface area contributed by atoms with E-state index in [0.29, 0.717) is 11.1 Å². The van der Waals surface area contributed by atoms with Crippen molar-refractivity contribution in [1.29, 1.82) is 0 Å². The quantitative estimate of drug-likeness (QED) is 0.416. The highest BCUT2D eigenvalue weighted by Gasteiger charge is 2.78. The summed E-state index contributed by atoms with van der Waals surface area (Å²) in [5.74, 6) is -4.77. The van der Waals surface area contributed by atoms with E-state index in [-0.39, 0.29) is 26.1 Å². The van der Waals surface area contributed by atoms with Gasteiger partial charge in [0.2, 0.25) is 17.1 Å². The number of hydrogen-bond acceptors (Lipinski definition) is 5. The highest BCUT2D eigenvalue weighted by Crippen LogP contribution is 2.61. The molecule has 2 saturated heterocycles. The number of benzene rings is 3. The number of ether oxygens (including phenoxy) is 2. The Hall–Kier alpha value is -3.62. The normalized spacial score (nSPS) is 24.6. The minimum atomic E-state index is -2.26. The fourth-order valence-electron chi connectivity index (χ4n) is 5.36. The zero-order valence-corrected chi connectivity index (χ0v) is 19.6. The van der Waals surface area contributed by atoms with Gasteiger partial charge in [-0.05, 0) is 47.9 Å². The molecule has 8 heteroatoms. The van der Waals surface area contributed by atoms with Crippen LogP contribution in [0.3, 0.4) is 0 Å². The van der Waals surface area contributed by atoms with Crippen molar-refractivity contribution in [2.45, 2.75) is 31.3 Å². The fraction of sp³-hybridized carbons (Fsp3) is 0.286. The van der Waals surface area contributed by atoms with Crippen molar-refractivity contribution >= 4 is 11.9 Å². The van der Waals surface area contributed by atoms with E-state index in [1.807, 2.05) is 30.3 Å². The maximum absolute atomic E-state index is 14.0. The molecule has 0 aromatic heterocycles. The van der Waals surface area contributed by atoms with Crippen molar-refractivity contribution in [2.75, 3.05) is 13.2 Å². The van der Waals surface area contributed by atoms with Gasteiger partial charge in [-0.3, -0.25) is 9.59 Å². The van der Waals surface area contributed by atoms with Crippen LogP contribution in [0.25, 0.3) is 0 Å². The average Bonchev–Trinajstić information content (AvgIpc) is 3.26. The number of fused-ring (bicyclic) bond motifs is 1. The SMILES string of the molecule is CCOC(=O)[C@@]12CC(c3ccc(F)cc3)(c3ccc(F)cc3)O[C@]1(O)CN(Cc1ccccc1)C2=O. The van der Waals surface area contributed by atoms with Gasteiger partial charge in [0.25, 0.3) is 0 Å². The topological polar surface area (TPSA) is 76.1 Å². The minimum Gasteiger partial charge on any atom is -0.465 e. The lowest BCUT2D eigenvalue weighted by Crippen LogP contribution is -2.52. The van der Waals surface area contributed by atoms with E-state index in [2.05, 4.69) is 0 Å². The number of hydrogen-bond donors (Lipinski definition) is 1. The molecule has 36 heavy (non-hydrogen) atoms. The van der Waals surface area contributed by atoms with Crippen LogP contribution in [0.4, 0.5) is 8.78 Å². The predicted molar refractivity (Wildman–Crippen MR) is 125 cm³/mol. The standard InChI is InChI=1S/C28H25F2NO5/c1-2-35-25(33)26-17-27(20-8-12-22(29)13-9-20,21-10-14-23(30)15-11-21)36-28(26,34)18-31(24(26)32)16-19-6-4-3-5-7-19/h3-15,34H,2,16-18H2,1H3/t26-,28+/m0/s1. The third-order valence-electron chi connectivity index (χ3n) is 7.04. The number of nitrogens with zero attached hydrogens (tertiary/aromatic N) is 1. The molecule has 0 spiro atoms. The number of likely N-dealkylation sites (tertiary alicyclic amines) is 1. The smallest absolute Gasteiger partial charge is 0.327 e. The maximum atomic E-state index is 14.0. The molecular formula is C28H25F2NO5. The van der Waals surface area contributed by atoms with Gasteiger partial charge < -0.3 is 19.5 Å². The molecule has 186 valence electrons. The average molecular weight is 494 g/mol. The molecule has 6 nitrogen and oxygen atoms in total. The van der Waals surface area contributed by atoms with E-state index < -0.39 is 40.3 Å². The summed E-state index contributed by atoms with van der Waals surface area (Å²) in [6.45, 7) is 1.47. The third kappa shape index (κ3) is 3.60. The second-order valence-electron chi connectivity index (χ2n) is 9.18. The minimum absolute atomic E-state index is 0.0112. The Balaban J connectivity index is 1.65.